The third-order valence-electron chi connectivity index (χ3n) is 4.54. The molecule has 2 heterocycles. The highest BCUT2D eigenvalue weighted by atomic mass is 16.2. The minimum absolute atomic E-state index is 0.0256. The van der Waals surface area contributed by atoms with Gasteiger partial charge in [0.2, 0.25) is 11.8 Å². The lowest BCUT2D eigenvalue weighted by molar-refractivity contribution is -0.129. The van der Waals surface area contributed by atoms with Crippen LogP contribution in [0.3, 0.4) is 0 Å². The number of carbonyl (C=O) groups excluding carboxylic acids is 2. The van der Waals surface area contributed by atoms with Crippen LogP contribution in [0, 0.1) is 11.8 Å². The lowest BCUT2D eigenvalue weighted by Gasteiger charge is -2.31. The Morgan fingerprint density at radius 1 is 1.38 bits per heavy atom. The zero-order chi connectivity index (χ0) is 14.8. The van der Waals surface area contributed by atoms with Crippen LogP contribution in [0.1, 0.15) is 12.5 Å². The topological polar surface area (TPSA) is 61.4 Å². The number of anilines is 1. The minimum Gasteiger partial charge on any atom is -0.347 e. The third kappa shape index (κ3) is 2.78. The molecule has 5 nitrogen and oxygen atoms in total. The molecular weight excluding hydrogens is 266 g/mol. The second-order valence-corrected chi connectivity index (χ2v) is 5.85. The highest BCUT2D eigenvalue weighted by Crippen LogP contribution is 2.27. The smallest absolute Gasteiger partial charge is 0.246 e. The molecule has 3 rings (SSSR count). The van der Waals surface area contributed by atoms with E-state index in [1.807, 2.05) is 31.2 Å². The fraction of sp³-hybridized carbons (Fsp3) is 0.500. The van der Waals surface area contributed by atoms with Crippen LogP contribution in [0.2, 0.25) is 0 Å². The van der Waals surface area contributed by atoms with Gasteiger partial charge in [-0.2, -0.15) is 0 Å². The Bertz CT molecular complexity index is 554. The average Bonchev–Trinajstić information content (AvgIpc) is 2.86. The number of benzene rings is 1. The maximum absolute atomic E-state index is 12.3. The molecule has 0 radical (unpaired) electrons. The zero-order valence-corrected chi connectivity index (χ0v) is 12.3. The van der Waals surface area contributed by atoms with Crippen LogP contribution in [0.5, 0.6) is 0 Å². The number of rotatable bonds is 4. The summed E-state index contributed by atoms with van der Waals surface area (Å²) in [6, 6.07) is 7.94. The summed E-state index contributed by atoms with van der Waals surface area (Å²) in [5, 5.41) is 5.94. The van der Waals surface area contributed by atoms with E-state index in [0.29, 0.717) is 12.5 Å². The van der Waals surface area contributed by atoms with Gasteiger partial charge in [0.25, 0.3) is 0 Å². The van der Waals surface area contributed by atoms with E-state index >= 15 is 0 Å². The van der Waals surface area contributed by atoms with Crippen molar-refractivity contribution in [2.24, 2.45) is 11.8 Å². The van der Waals surface area contributed by atoms with E-state index < -0.39 is 0 Å². The number of fused-ring (bicyclic) bond motifs is 1. The first-order chi connectivity index (χ1) is 10.2. The lowest BCUT2D eigenvalue weighted by Crippen LogP contribution is -2.50. The van der Waals surface area contributed by atoms with Crippen molar-refractivity contribution in [2.75, 3.05) is 31.1 Å². The van der Waals surface area contributed by atoms with Gasteiger partial charge in [0.05, 0.1) is 6.54 Å². The Labute approximate surface area is 124 Å². The van der Waals surface area contributed by atoms with Crippen molar-refractivity contribution in [1.29, 1.82) is 0 Å². The number of nitrogens with one attached hydrogen (secondary N) is 2. The number of para-hydroxylation sites is 1. The number of nitrogens with zero attached hydrogens (tertiary/aromatic N) is 1. The summed E-state index contributed by atoms with van der Waals surface area (Å²) in [4.78, 5) is 26.1. The Balaban J connectivity index is 1.54. The number of hydrogen-bond donors (Lipinski definition) is 2. The maximum Gasteiger partial charge on any atom is 0.246 e. The van der Waals surface area contributed by atoms with E-state index in [1.54, 1.807) is 4.90 Å². The number of hydrogen-bond acceptors (Lipinski definition) is 3. The molecule has 0 spiro atoms. The lowest BCUT2D eigenvalue weighted by atomic mass is 9.88. The monoisotopic (exact) mass is 287 g/mol. The second kappa shape index (κ2) is 5.85. The van der Waals surface area contributed by atoms with Gasteiger partial charge in [-0.25, -0.2) is 0 Å². The quantitative estimate of drug-likeness (QED) is 0.850. The molecule has 0 saturated carbocycles. The van der Waals surface area contributed by atoms with Gasteiger partial charge in [0.15, 0.2) is 0 Å². The number of amides is 2. The summed E-state index contributed by atoms with van der Waals surface area (Å²) in [5.41, 5.74) is 2.18. The molecule has 1 aromatic carbocycles. The molecule has 1 atom stereocenters. The SMILES string of the molecule is CC(C(=O)NCC(=O)N1CCc2ccccc21)C1CNC1. The highest BCUT2D eigenvalue weighted by Gasteiger charge is 2.29. The van der Waals surface area contributed by atoms with Crippen LogP contribution >= 0.6 is 0 Å². The van der Waals surface area contributed by atoms with Crippen LogP contribution in [0.15, 0.2) is 24.3 Å². The van der Waals surface area contributed by atoms with Crippen molar-refractivity contribution in [3.05, 3.63) is 29.8 Å². The molecule has 0 bridgehead atoms. The van der Waals surface area contributed by atoms with E-state index in [-0.39, 0.29) is 24.3 Å². The van der Waals surface area contributed by atoms with Crippen LogP contribution in [0.4, 0.5) is 5.69 Å². The summed E-state index contributed by atoms with van der Waals surface area (Å²) in [6.45, 7) is 4.49. The minimum atomic E-state index is -0.0371. The van der Waals surface area contributed by atoms with Gasteiger partial charge in [0.1, 0.15) is 0 Å². The molecule has 1 aromatic rings. The van der Waals surface area contributed by atoms with Gasteiger partial charge < -0.3 is 15.5 Å². The molecule has 2 amide bonds. The van der Waals surface area contributed by atoms with Gasteiger partial charge in [0, 0.05) is 18.2 Å². The molecule has 1 saturated heterocycles. The van der Waals surface area contributed by atoms with Gasteiger partial charge in [-0.1, -0.05) is 25.1 Å². The normalized spacial score (nSPS) is 18.8. The van der Waals surface area contributed by atoms with Crippen LogP contribution in [-0.2, 0) is 16.0 Å². The van der Waals surface area contributed by atoms with E-state index in [0.717, 1.165) is 25.2 Å². The summed E-state index contributed by atoms with van der Waals surface area (Å²) < 4.78 is 0. The summed E-state index contributed by atoms with van der Waals surface area (Å²) in [5.74, 6) is 0.298. The van der Waals surface area contributed by atoms with Crippen molar-refractivity contribution in [1.82, 2.24) is 10.6 Å². The molecule has 21 heavy (non-hydrogen) atoms. The van der Waals surface area contributed by atoms with Gasteiger partial charge in [-0.15, -0.1) is 0 Å². The van der Waals surface area contributed by atoms with Crippen molar-refractivity contribution in [2.45, 2.75) is 13.3 Å². The molecule has 2 aliphatic rings. The van der Waals surface area contributed by atoms with Crippen molar-refractivity contribution < 1.29 is 9.59 Å². The summed E-state index contributed by atoms with van der Waals surface area (Å²) in [6.07, 6.45) is 0.889. The fourth-order valence-corrected chi connectivity index (χ4v) is 2.90. The summed E-state index contributed by atoms with van der Waals surface area (Å²) >= 11 is 0. The maximum atomic E-state index is 12.3. The molecule has 0 aromatic heterocycles. The van der Waals surface area contributed by atoms with E-state index in [2.05, 4.69) is 10.6 Å². The van der Waals surface area contributed by atoms with Crippen LogP contribution in [-0.4, -0.2) is 38.0 Å². The van der Waals surface area contributed by atoms with Gasteiger partial charge in [-0.3, -0.25) is 9.59 Å². The van der Waals surface area contributed by atoms with E-state index in [4.69, 9.17) is 0 Å². The van der Waals surface area contributed by atoms with E-state index in [1.165, 1.54) is 5.56 Å². The zero-order valence-electron chi connectivity index (χ0n) is 12.3. The molecule has 5 heteroatoms. The molecule has 2 N–H and O–H groups in total. The van der Waals surface area contributed by atoms with Crippen molar-refractivity contribution in [3.8, 4) is 0 Å². The fourth-order valence-electron chi connectivity index (χ4n) is 2.90. The Morgan fingerprint density at radius 3 is 2.86 bits per heavy atom. The second-order valence-electron chi connectivity index (χ2n) is 5.85. The first-order valence-electron chi connectivity index (χ1n) is 7.53. The average molecular weight is 287 g/mol. The summed E-state index contributed by atoms with van der Waals surface area (Å²) in [7, 11) is 0. The van der Waals surface area contributed by atoms with Crippen molar-refractivity contribution in [3.63, 3.8) is 0 Å². The first kappa shape index (κ1) is 14.1. The predicted molar refractivity (Wildman–Crippen MR) is 81.0 cm³/mol. The Hall–Kier alpha value is -1.88. The van der Waals surface area contributed by atoms with E-state index in [9.17, 15) is 9.59 Å². The molecule has 112 valence electrons. The largest absolute Gasteiger partial charge is 0.347 e. The highest BCUT2D eigenvalue weighted by molar-refractivity contribution is 5.98. The molecule has 1 fully saturated rings. The van der Waals surface area contributed by atoms with Crippen LogP contribution in [0.25, 0.3) is 0 Å². The molecular formula is C16H21N3O2. The standard InChI is InChI=1S/C16H21N3O2/c1-11(13-8-17-9-13)16(21)18-10-15(20)19-7-6-12-4-2-3-5-14(12)19/h2-5,11,13,17H,6-10H2,1H3,(H,18,21). The van der Waals surface area contributed by atoms with Gasteiger partial charge >= 0.3 is 0 Å². The molecule has 2 aliphatic heterocycles. The molecule has 1 unspecified atom stereocenters. The first-order valence-corrected chi connectivity index (χ1v) is 7.53. The van der Waals surface area contributed by atoms with Gasteiger partial charge in [-0.05, 0) is 37.1 Å². The van der Waals surface area contributed by atoms with Crippen molar-refractivity contribution >= 4 is 17.5 Å². The predicted octanol–water partition coefficient (Wildman–Crippen LogP) is 0.547. The Kier molecular flexibility index (Phi) is 3.92. The number of carbonyl (C=O) groups is 2. The molecule has 0 aliphatic carbocycles. The Morgan fingerprint density at radius 2 is 2.14 bits per heavy atom. The van der Waals surface area contributed by atoms with Crippen LogP contribution < -0.4 is 15.5 Å². The third-order valence-corrected chi connectivity index (χ3v) is 4.54.